The van der Waals surface area contributed by atoms with Crippen LogP contribution in [-0.4, -0.2) is 28.6 Å². The Kier molecular flexibility index (Phi) is 3.64. The molecule has 0 saturated carbocycles. The van der Waals surface area contributed by atoms with Gasteiger partial charge < -0.3 is 9.72 Å². The van der Waals surface area contributed by atoms with Gasteiger partial charge in [0.25, 0.3) is 5.91 Å². The van der Waals surface area contributed by atoms with Crippen molar-refractivity contribution < 1.29 is 9.53 Å². The molecule has 0 aliphatic carbocycles. The fraction of sp³-hybridized carbons (Fsp3) is 0.556. The van der Waals surface area contributed by atoms with Crippen LogP contribution < -0.4 is 5.32 Å². The van der Waals surface area contributed by atoms with E-state index in [0.29, 0.717) is 12.6 Å². The lowest BCUT2D eigenvalue weighted by atomic mass is 10.4. The van der Waals surface area contributed by atoms with Crippen molar-refractivity contribution in [2.75, 3.05) is 11.9 Å². The minimum Gasteiger partial charge on any atom is -0.369 e. The second-order valence-electron chi connectivity index (χ2n) is 3.00. The Bertz CT molecular complexity index is 309. The quantitative estimate of drug-likeness (QED) is 0.759. The van der Waals surface area contributed by atoms with Gasteiger partial charge in [0, 0.05) is 18.5 Å². The van der Waals surface area contributed by atoms with Crippen LogP contribution in [0.15, 0.2) is 6.20 Å². The number of hydrogen-bond donors (Lipinski definition) is 2. The smallest absolute Gasteiger partial charge is 0.255 e. The van der Waals surface area contributed by atoms with Gasteiger partial charge in [-0.3, -0.25) is 10.1 Å². The lowest BCUT2D eigenvalue weighted by Crippen LogP contribution is -2.28. The lowest BCUT2D eigenvalue weighted by molar-refractivity contribution is -0.126. The van der Waals surface area contributed by atoms with Gasteiger partial charge in [-0.05, 0) is 20.8 Å². The molecule has 0 aliphatic heterocycles. The van der Waals surface area contributed by atoms with E-state index in [1.165, 1.54) is 0 Å². The van der Waals surface area contributed by atoms with E-state index in [-0.39, 0.29) is 5.91 Å². The van der Waals surface area contributed by atoms with Crippen LogP contribution in [0.2, 0.25) is 0 Å². The number of carbonyl (C=O) groups excluding carboxylic acids is 1. The van der Waals surface area contributed by atoms with Crippen molar-refractivity contribution in [1.29, 1.82) is 0 Å². The number of imidazole rings is 1. The normalized spacial score (nSPS) is 12.5. The third kappa shape index (κ3) is 2.85. The summed E-state index contributed by atoms with van der Waals surface area (Å²) < 4.78 is 5.13. The van der Waals surface area contributed by atoms with Crippen LogP contribution in [0, 0.1) is 6.92 Å². The average Bonchev–Trinajstić information content (AvgIpc) is 2.51. The lowest BCUT2D eigenvalue weighted by Gasteiger charge is -2.09. The zero-order valence-corrected chi connectivity index (χ0v) is 8.63. The number of aromatic amines is 1. The highest BCUT2D eigenvalue weighted by molar-refractivity contribution is 5.92. The van der Waals surface area contributed by atoms with Gasteiger partial charge in [-0.15, -0.1) is 0 Å². The molecule has 0 bridgehead atoms. The Morgan fingerprint density at radius 3 is 3.00 bits per heavy atom. The summed E-state index contributed by atoms with van der Waals surface area (Å²) in [6, 6.07) is 0. The molecule has 1 rings (SSSR count). The molecule has 0 spiro atoms. The molecule has 1 heterocycles. The SMILES string of the molecule is CCOC(C)C(=O)Nc1ncc(C)[nH]1. The van der Waals surface area contributed by atoms with Crippen molar-refractivity contribution in [2.45, 2.75) is 26.9 Å². The predicted octanol–water partition coefficient (Wildman–Crippen LogP) is 1.08. The summed E-state index contributed by atoms with van der Waals surface area (Å²) in [5.41, 5.74) is 0.907. The third-order valence-electron chi connectivity index (χ3n) is 1.73. The molecule has 5 nitrogen and oxygen atoms in total. The van der Waals surface area contributed by atoms with Crippen LogP contribution in [0.3, 0.4) is 0 Å². The molecule has 0 radical (unpaired) electrons. The van der Waals surface area contributed by atoms with Gasteiger partial charge in [-0.1, -0.05) is 0 Å². The van der Waals surface area contributed by atoms with Crippen molar-refractivity contribution >= 4 is 11.9 Å². The molecule has 0 saturated heterocycles. The molecule has 1 aromatic heterocycles. The molecule has 1 atom stereocenters. The van der Waals surface area contributed by atoms with Crippen LogP contribution in [-0.2, 0) is 9.53 Å². The number of aromatic nitrogens is 2. The molecular formula is C9H15N3O2. The number of nitrogens with one attached hydrogen (secondary N) is 2. The average molecular weight is 197 g/mol. The van der Waals surface area contributed by atoms with Crippen LogP contribution in [0.4, 0.5) is 5.95 Å². The maximum atomic E-state index is 11.4. The van der Waals surface area contributed by atoms with Crippen LogP contribution in [0.5, 0.6) is 0 Å². The molecule has 14 heavy (non-hydrogen) atoms. The summed E-state index contributed by atoms with van der Waals surface area (Å²) in [6.45, 7) is 5.94. The molecule has 1 unspecified atom stereocenters. The van der Waals surface area contributed by atoms with Gasteiger partial charge in [0.05, 0.1) is 0 Å². The van der Waals surface area contributed by atoms with Crippen LogP contribution >= 0.6 is 0 Å². The molecule has 1 amide bonds. The zero-order chi connectivity index (χ0) is 10.6. The number of nitrogens with zero attached hydrogens (tertiary/aromatic N) is 1. The number of hydrogen-bond acceptors (Lipinski definition) is 3. The highest BCUT2D eigenvalue weighted by Crippen LogP contribution is 2.02. The van der Waals surface area contributed by atoms with Crippen LogP contribution in [0.1, 0.15) is 19.5 Å². The number of H-pyrrole nitrogens is 1. The highest BCUT2D eigenvalue weighted by Gasteiger charge is 2.13. The Labute approximate surface area is 82.9 Å². The Balaban J connectivity index is 2.48. The van der Waals surface area contributed by atoms with E-state index in [1.54, 1.807) is 13.1 Å². The van der Waals surface area contributed by atoms with Gasteiger partial charge >= 0.3 is 0 Å². The van der Waals surface area contributed by atoms with Crippen molar-refractivity contribution in [1.82, 2.24) is 9.97 Å². The van der Waals surface area contributed by atoms with E-state index >= 15 is 0 Å². The van der Waals surface area contributed by atoms with E-state index in [4.69, 9.17) is 4.74 Å². The summed E-state index contributed by atoms with van der Waals surface area (Å²) in [5.74, 6) is 0.264. The zero-order valence-electron chi connectivity index (χ0n) is 8.63. The molecule has 0 aliphatic rings. The minimum absolute atomic E-state index is 0.193. The topological polar surface area (TPSA) is 67.0 Å². The van der Waals surface area contributed by atoms with Crippen molar-refractivity contribution in [3.63, 3.8) is 0 Å². The molecule has 0 fully saturated rings. The van der Waals surface area contributed by atoms with E-state index in [9.17, 15) is 4.79 Å². The Morgan fingerprint density at radius 1 is 1.79 bits per heavy atom. The molecule has 5 heteroatoms. The third-order valence-corrected chi connectivity index (χ3v) is 1.73. The maximum Gasteiger partial charge on any atom is 0.255 e. The van der Waals surface area contributed by atoms with Gasteiger partial charge in [-0.2, -0.15) is 0 Å². The molecular weight excluding hydrogens is 182 g/mol. The number of amides is 1. The second-order valence-corrected chi connectivity index (χ2v) is 3.00. The number of anilines is 1. The first-order valence-electron chi connectivity index (χ1n) is 4.57. The summed E-state index contributed by atoms with van der Waals surface area (Å²) in [5, 5.41) is 2.62. The standard InChI is InChI=1S/C9H15N3O2/c1-4-14-7(3)8(13)12-9-10-5-6(2)11-9/h5,7H,4H2,1-3H3,(H2,10,11,12,13). The first-order valence-corrected chi connectivity index (χ1v) is 4.57. The number of aryl methyl sites for hydroxylation is 1. The summed E-state index contributed by atoms with van der Waals surface area (Å²) in [4.78, 5) is 18.3. The van der Waals surface area contributed by atoms with Gasteiger partial charge in [0.1, 0.15) is 6.10 Å². The molecule has 2 N–H and O–H groups in total. The van der Waals surface area contributed by atoms with Crippen molar-refractivity contribution in [3.05, 3.63) is 11.9 Å². The number of rotatable bonds is 4. The molecule has 1 aromatic rings. The maximum absolute atomic E-state index is 11.4. The minimum atomic E-state index is -0.453. The second kappa shape index (κ2) is 4.76. The van der Waals surface area contributed by atoms with Crippen molar-refractivity contribution in [2.24, 2.45) is 0 Å². The van der Waals surface area contributed by atoms with Gasteiger partial charge in [-0.25, -0.2) is 4.98 Å². The monoisotopic (exact) mass is 197 g/mol. The number of carbonyl (C=O) groups is 1. The first-order chi connectivity index (χ1) is 6.63. The predicted molar refractivity (Wildman–Crippen MR) is 53.0 cm³/mol. The van der Waals surface area contributed by atoms with E-state index in [0.717, 1.165) is 5.69 Å². The van der Waals surface area contributed by atoms with E-state index in [2.05, 4.69) is 15.3 Å². The van der Waals surface area contributed by atoms with E-state index < -0.39 is 6.10 Å². The largest absolute Gasteiger partial charge is 0.369 e. The Hall–Kier alpha value is -1.36. The van der Waals surface area contributed by atoms with E-state index in [1.807, 2.05) is 13.8 Å². The fourth-order valence-corrected chi connectivity index (χ4v) is 1.02. The fourth-order valence-electron chi connectivity index (χ4n) is 1.02. The van der Waals surface area contributed by atoms with Crippen molar-refractivity contribution in [3.8, 4) is 0 Å². The molecule has 78 valence electrons. The number of ether oxygens (including phenoxy) is 1. The van der Waals surface area contributed by atoms with Gasteiger partial charge in [0.2, 0.25) is 5.95 Å². The Morgan fingerprint density at radius 2 is 2.50 bits per heavy atom. The summed E-state index contributed by atoms with van der Waals surface area (Å²) in [7, 11) is 0. The van der Waals surface area contributed by atoms with Crippen LogP contribution in [0.25, 0.3) is 0 Å². The summed E-state index contributed by atoms with van der Waals surface area (Å²) in [6.07, 6.45) is 1.20. The first kappa shape index (κ1) is 10.7. The summed E-state index contributed by atoms with van der Waals surface area (Å²) >= 11 is 0. The van der Waals surface area contributed by atoms with Gasteiger partial charge in [0.15, 0.2) is 0 Å². The molecule has 0 aromatic carbocycles. The highest BCUT2D eigenvalue weighted by atomic mass is 16.5.